The maximum absolute atomic E-state index is 5.86. The van der Waals surface area contributed by atoms with E-state index < -0.39 is 0 Å². The molecule has 0 atom stereocenters. The summed E-state index contributed by atoms with van der Waals surface area (Å²) in [7, 11) is 0. The lowest BCUT2D eigenvalue weighted by molar-refractivity contribution is 0.461. The normalized spacial score (nSPS) is 15.9. The molecule has 1 aromatic carbocycles. The van der Waals surface area contributed by atoms with Gasteiger partial charge in [-0.15, -0.1) is 0 Å². The number of rotatable bonds is 4. The molecule has 0 radical (unpaired) electrons. The molecule has 3 N–H and O–H groups in total. The second-order valence-corrected chi connectivity index (χ2v) is 5.75. The van der Waals surface area contributed by atoms with Crippen LogP contribution in [0.25, 0.3) is 11.3 Å². The van der Waals surface area contributed by atoms with E-state index in [-0.39, 0.29) is 0 Å². The molecule has 0 bridgehead atoms. The number of nitrogens with two attached hydrogens (primary N) is 1. The Morgan fingerprint density at radius 3 is 2.48 bits per heavy atom. The Morgan fingerprint density at radius 2 is 1.76 bits per heavy atom. The summed E-state index contributed by atoms with van der Waals surface area (Å²) in [6.45, 7) is 0.525. The van der Waals surface area contributed by atoms with Crippen LogP contribution in [0.15, 0.2) is 42.5 Å². The Hall–Kier alpha value is -1.87. The fraction of sp³-hybridized carbons (Fsp3) is 0.389. The lowest BCUT2D eigenvalue weighted by Crippen LogP contribution is -2.24. The van der Waals surface area contributed by atoms with Crippen molar-refractivity contribution in [2.24, 2.45) is 5.73 Å². The summed E-state index contributed by atoms with van der Waals surface area (Å²) in [4.78, 5) is 4.82. The monoisotopic (exact) mass is 281 g/mol. The maximum Gasteiger partial charge on any atom is 0.131 e. The molecule has 3 heteroatoms. The topological polar surface area (TPSA) is 50.9 Å². The number of benzene rings is 1. The Labute approximate surface area is 126 Å². The molecule has 1 aromatic heterocycles. The Morgan fingerprint density at radius 1 is 1.00 bits per heavy atom. The van der Waals surface area contributed by atoms with Gasteiger partial charge in [0.25, 0.3) is 0 Å². The highest BCUT2D eigenvalue weighted by Gasteiger charge is 2.15. The number of pyridine rings is 1. The molecule has 2 aromatic rings. The standard InChI is InChI=1S/C18H23N3/c19-13-15-11-12-17(14-7-3-1-4-8-14)21-18(15)20-16-9-5-2-6-10-16/h1,3-4,7-8,11-12,16H,2,5-6,9-10,13,19H2,(H,20,21). The zero-order valence-corrected chi connectivity index (χ0v) is 12.4. The third-order valence-electron chi connectivity index (χ3n) is 4.21. The van der Waals surface area contributed by atoms with Crippen molar-refractivity contribution in [3.05, 3.63) is 48.0 Å². The molecule has 1 saturated carbocycles. The van der Waals surface area contributed by atoms with Crippen LogP contribution in [-0.2, 0) is 6.54 Å². The summed E-state index contributed by atoms with van der Waals surface area (Å²) in [5.41, 5.74) is 9.11. The number of hydrogen-bond acceptors (Lipinski definition) is 3. The van der Waals surface area contributed by atoms with Crippen molar-refractivity contribution in [1.29, 1.82) is 0 Å². The van der Waals surface area contributed by atoms with E-state index in [1.807, 2.05) is 18.2 Å². The molecular formula is C18H23N3. The molecule has 0 amide bonds. The van der Waals surface area contributed by atoms with Gasteiger partial charge in [0.2, 0.25) is 0 Å². The van der Waals surface area contributed by atoms with Crippen LogP contribution in [0, 0.1) is 0 Å². The van der Waals surface area contributed by atoms with Crippen LogP contribution in [0.3, 0.4) is 0 Å². The first-order valence-electron chi connectivity index (χ1n) is 7.89. The van der Waals surface area contributed by atoms with Gasteiger partial charge in [-0.05, 0) is 18.9 Å². The van der Waals surface area contributed by atoms with E-state index in [0.717, 1.165) is 22.6 Å². The van der Waals surface area contributed by atoms with Gasteiger partial charge >= 0.3 is 0 Å². The lowest BCUT2D eigenvalue weighted by Gasteiger charge is -2.24. The molecule has 1 aliphatic rings. The van der Waals surface area contributed by atoms with E-state index in [1.54, 1.807) is 0 Å². The maximum atomic E-state index is 5.86. The van der Waals surface area contributed by atoms with Gasteiger partial charge in [-0.1, -0.05) is 55.7 Å². The molecular weight excluding hydrogens is 258 g/mol. The third-order valence-corrected chi connectivity index (χ3v) is 4.21. The van der Waals surface area contributed by atoms with E-state index in [1.165, 1.54) is 32.1 Å². The summed E-state index contributed by atoms with van der Waals surface area (Å²) in [5, 5.41) is 3.62. The van der Waals surface area contributed by atoms with Crippen LogP contribution in [0.4, 0.5) is 5.82 Å². The molecule has 0 saturated heterocycles. The average molecular weight is 281 g/mol. The van der Waals surface area contributed by atoms with Gasteiger partial charge < -0.3 is 11.1 Å². The summed E-state index contributed by atoms with van der Waals surface area (Å²) in [5.74, 6) is 0.964. The van der Waals surface area contributed by atoms with Crippen molar-refractivity contribution >= 4 is 5.82 Å². The number of nitrogens with one attached hydrogen (secondary N) is 1. The van der Waals surface area contributed by atoms with Gasteiger partial charge in [0.15, 0.2) is 0 Å². The summed E-state index contributed by atoms with van der Waals surface area (Å²) >= 11 is 0. The number of anilines is 1. The van der Waals surface area contributed by atoms with Crippen molar-refractivity contribution in [3.8, 4) is 11.3 Å². The zero-order chi connectivity index (χ0) is 14.5. The van der Waals surface area contributed by atoms with Gasteiger partial charge in [0, 0.05) is 23.7 Å². The van der Waals surface area contributed by atoms with E-state index in [9.17, 15) is 0 Å². The van der Waals surface area contributed by atoms with Crippen LogP contribution < -0.4 is 11.1 Å². The quantitative estimate of drug-likeness (QED) is 0.892. The summed E-state index contributed by atoms with van der Waals surface area (Å²) in [6, 6.07) is 15.0. The first-order valence-corrected chi connectivity index (χ1v) is 7.89. The van der Waals surface area contributed by atoms with E-state index >= 15 is 0 Å². The second kappa shape index (κ2) is 6.72. The van der Waals surface area contributed by atoms with Crippen LogP contribution >= 0.6 is 0 Å². The van der Waals surface area contributed by atoms with Crippen molar-refractivity contribution in [3.63, 3.8) is 0 Å². The predicted molar refractivity (Wildman–Crippen MR) is 88.1 cm³/mol. The highest BCUT2D eigenvalue weighted by Crippen LogP contribution is 2.25. The smallest absolute Gasteiger partial charge is 0.131 e. The van der Waals surface area contributed by atoms with E-state index in [4.69, 9.17) is 10.7 Å². The Bertz CT molecular complexity index is 574. The minimum Gasteiger partial charge on any atom is -0.367 e. The summed E-state index contributed by atoms with van der Waals surface area (Å²) < 4.78 is 0. The van der Waals surface area contributed by atoms with Gasteiger partial charge in [0.05, 0.1) is 5.69 Å². The van der Waals surface area contributed by atoms with Crippen LogP contribution in [0.5, 0.6) is 0 Å². The molecule has 3 rings (SSSR count). The lowest BCUT2D eigenvalue weighted by atomic mass is 9.95. The molecule has 110 valence electrons. The molecule has 1 aliphatic carbocycles. The highest BCUT2D eigenvalue weighted by atomic mass is 15.0. The van der Waals surface area contributed by atoms with Crippen molar-refractivity contribution in [1.82, 2.24) is 4.98 Å². The van der Waals surface area contributed by atoms with Crippen molar-refractivity contribution in [2.75, 3.05) is 5.32 Å². The Balaban J connectivity index is 1.86. The highest BCUT2D eigenvalue weighted by molar-refractivity contribution is 5.62. The number of aromatic nitrogens is 1. The molecule has 21 heavy (non-hydrogen) atoms. The van der Waals surface area contributed by atoms with Crippen molar-refractivity contribution < 1.29 is 0 Å². The Kier molecular flexibility index (Phi) is 4.51. The van der Waals surface area contributed by atoms with Gasteiger partial charge in [-0.25, -0.2) is 4.98 Å². The molecule has 1 heterocycles. The fourth-order valence-electron chi connectivity index (χ4n) is 2.99. The zero-order valence-electron chi connectivity index (χ0n) is 12.4. The molecule has 1 fully saturated rings. The van der Waals surface area contributed by atoms with Crippen LogP contribution in [0.1, 0.15) is 37.7 Å². The minimum atomic E-state index is 0.525. The van der Waals surface area contributed by atoms with Gasteiger partial charge in [0.1, 0.15) is 5.82 Å². The van der Waals surface area contributed by atoms with Crippen LogP contribution in [0.2, 0.25) is 0 Å². The molecule has 3 nitrogen and oxygen atoms in total. The van der Waals surface area contributed by atoms with Crippen LogP contribution in [-0.4, -0.2) is 11.0 Å². The fourth-order valence-corrected chi connectivity index (χ4v) is 2.99. The largest absolute Gasteiger partial charge is 0.367 e. The number of hydrogen-bond donors (Lipinski definition) is 2. The minimum absolute atomic E-state index is 0.525. The first kappa shape index (κ1) is 14.1. The van der Waals surface area contributed by atoms with Gasteiger partial charge in [-0.2, -0.15) is 0 Å². The van der Waals surface area contributed by atoms with E-state index in [2.05, 4.69) is 29.6 Å². The molecule has 0 aliphatic heterocycles. The SMILES string of the molecule is NCc1ccc(-c2ccccc2)nc1NC1CCCCC1. The second-order valence-electron chi connectivity index (χ2n) is 5.75. The van der Waals surface area contributed by atoms with E-state index in [0.29, 0.717) is 12.6 Å². The van der Waals surface area contributed by atoms with Gasteiger partial charge in [-0.3, -0.25) is 0 Å². The summed E-state index contributed by atoms with van der Waals surface area (Å²) in [6.07, 6.45) is 6.46. The van der Waals surface area contributed by atoms with Crippen molar-refractivity contribution in [2.45, 2.75) is 44.7 Å². The molecule has 0 unspecified atom stereocenters. The predicted octanol–water partition coefficient (Wildman–Crippen LogP) is 3.95. The average Bonchev–Trinajstić information content (AvgIpc) is 2.56. The molecule has 0 spiro atoms. The number of nitrogens with zero attached hydrogens (tertiary/aromatic N) is 1. The third kappa shape index (κ3) is 3.42. The first-order chi connectivity index (χ1) is 10.4.